The Balaban J connectivity index is 2.71. The fraction of sp³-hybridized carbons (Fsp3) is 0.308. The molecule has 0 amide bonds. The molecule has 0 N–H and O–H groups in total. The minimum atomic E-state index is -0.864. The molecule has 1 unspecified atom stereocenters. The first-order chi connectivity index (χ1) is 9.67. The standard InChI is InChI=1S/C13H11Cl2NO4/c14-8-12(17)19-7-3-5-11(20-13(18)9-15)10-4-1-2-6-16-10/h1-2,4,6,11H,7-9H2. The second-order valence-electron chi connectivity index (χ2n) is 3.37. The normalized spacial score (nSPS) is 10.9. The van der Waals surface area contributed by atoms with Gasteiger partial charge in [0.15, 0.2) is 6.61 Å². The molecule has 0 saturated carbocycles. The van der Waals surface area contributed by atoms with Crippen LogP contribution in [0.1, 0.15) is 11.8 Å². The second-order valence-corrected chi connectivity index (χ2v) is 3.91. The van der Waals surface area contributed by atoms with Crippen molar-refractivity contribution in [1.82, 2.24) is 4.98 Å². The number of halogens is 2. The maximum atomic E-state index is 11.2. The van der Waals surface area contributed by atoms with Gasteiger partial charge in [-0.1, -0.05) is 12.0 Å². The third-order valence-corrected chi connectivity index (χ3v) is 2.40. The van der Waals surface area contributed by atoms with E-state index in [1.54, 1.807) is 24.4 Å². The van der Waals surface area contributed by atoms with Crippen LogP contribution in [-0.4, -0.2) is 35.3 Å². The number of carbonyl (C=O) groups is 2. The van der Waals surface area contributed by atoms with Crippen LogP contribution in [-0.2, 0) is 19.1 Å². The van der Waals surface area contributed by atoms with Crippen molar-refractivity contribution < 1.29 is 19.1 Å². The first-order valence-electron chi connectivity index (χ1n) is 5.53. The maximum Gasteiger partial charge on any atom is 0.322 e. The zero-order valence-electron chi connectivity index (χ0n) is 10.3. The number of aromatic nitrogens is 1. The van der Waals surface area contributed by atoms with Gasteiger partial charge < -0.3 is 9.47 Å². The van der Waals surface area contributed by atoms with E-state index in [1.807, 2.05) is 0 Å². The summed E-state index contributed by atoms with van der Waals surface area (Å²) in [5.41, 5.74) is 0.460. The van der Waals surface area contributed by atoms with Crippen molar-refractivity contribution in [2.75, 3.05) is 18.4 Å². The number of hydrogen-bond acceptors (Lipinski definition) is 5. The molecule has 0 aliphatic carbocycles. The third-order valence-electron chi connectivity index (χ3n) is 1.96. The number of alkyl halides is 2. The van der Waals surface area contributed by atoms with E-state index in [2.05, 4.69) is 21.6 Å². The highest BCUT2D eigenvalue weighted by atomic mass is 35.5. The van der Waals surface area contributed by atoms with Crippen LogP contribution in [0.4, 0.5) is 0 Å². The van der Waals surface area contributed by atoms with Crippen LogP contribution in [0.15, 0.2) is 24.4 Å². The number of rotatable bonds is 5. The molecule has 1 atom stereocenters. The van der Waals surface area contributed by atoms with E-state index in [9.17, 15) is 9.59 Å². The molecule has 0 spiro atoms. The fourth-order valence-corrected chi connectivity index (χ4v) is 1.29. The molecule has 1 rings (SSSR count). The van der Waals surface area contributed by atoms with Crippen LogP contribution < -0.4 is 0 Å². The summed E-state index contributed by atoms with van der Waals surface area (Å²) in [6, 6.07) is 5.12. The van der Waals surface area contributed by atoms with Crippen molar-refractivity contribution in [3.8, 4) is 11.8 Å². The lowest BCUT2D eigenvalue weighted by Crippen LogP contribution is -2.12. The van der Waals surface area contributed by atoms with Crippen molar-refractivity contribution in [3.05, 3.63) is 30.1 Å². The van der Waals surface area contributed by atoms with Gasteiger partial charge in [-0.2, -0.15) is 0 Å². The summed E-state index contributed by atoms with van der Waals surface area (Å²) >= 11 is 10.6. The van der Waals surface area contributed by atoms with Crippen LogP contribution in [0, 0.1) is 11.8 Å². The van der Waals surface area contributed by atoms with Gasteiger partial charge in [0, 0.05) is 6.20 Å². The number of nitrogens with zero attached hydrogens (tertiary/aromatic N) is 1. The summed E-state index contributed by atoms with van der Waals surface area (Å²) in [5, 5.41) is 0. The Morgan fingerprint density at radius 2 is 2.00 bits per heavy atom. The van der Waals surface area contributed by atoms with Crippen molar-refractivity contribution in [1.29, 1.82) is 0 Å². The number of hydrogen-bond donors (Lipinski definition) is 0. The summed E-state index contributed by atoms with van der Waals surface area (Å²) in [6.45, 7) is -0.146. The Morgan fingerprint density at radius 3 is 2.60 bits per heavy atom. The van der Waals surface area contributed by atoms with Gasteiger partial charge >= 0.3 is 11.9 Å². The zero-order chi connectivity index (χ0) is 14.8. The molecule has 0 radical (unpaired) electrons. The van der Waals surface area contributed by atoms with E-state index in [0.717, 1.165) is 0 Å². The minimum Gasteiger partial charge on any atom is -0.452 e. The molecule has 0 fully saturated rings. The van der Waals surface area contributed by atoms with Crippen LogP contribution in [0.3, 0.4) is 0 Å². The van der Waals surface area contributed by atoms with Crippen LogP contribution in [0.5, 0.6) is 0 Å². The van der Waals surface area contributed by atoms with Gasteiger partial charge in [-0.15, -0.1) is 23.2 Å². The predicted molar refractivity (Wildman–Crippen MR) is 73.2 cm³/mol. The molecule has 0 aliphatic heterocycles. The van der Waals surface area contributed by atoms with E-state index in [4.69, 9.17) is 27.9 Å². The number of pyridine rings is 1. The monoisotopic (exact) mass is 315 g/mol. The molecule has 0 aromatic carbocycles. The van der Waals surface area contributed by atoms with Gasteiger partial charge in [-0.25, -0.2) is 0 Å². The first-order valence-corrected chi connectivity index (χ1v) is 6.60. The Morgan fingerprint density at radius 1 is 1.25 bits per heavy atom. The Kier molecular flexibility index (Phi) is 7.48. The minimum absolute atomic E-state index is 0.146. The zero-order valence-corrected chi connectivity index (χ0v) is 11.9. The second kappa shape index (κ2) is 9.18. The van der Waals surface area contributed by atoms with Gasteiger partial charge in [0.2, 0.25) is 6.10 Å². The molecule has 5 nitrogen and oxygen atoms in total. The molecule has 1 aromatic rings. The molecule has 106 valence electrons. The first kappa shape index (κ1) is 16.3. The molecule has 20 heavy (non-hydrogen) atoms. The molecular formula is C13H11Cl2NO4. The van der Waals surface area contributed by atoms with E-state index in [0.29, 0.717) is 5.69 Å². The lowest BCUT2D eigenvalue weighted by atomic mass is 10.2. The number of esters is 2. The smallest absolute Gasteiger partial charge is 0.322 e. The van der Waals surface area contributed by atoms with Crippen molar-refractivity contribution in [2.45, 2.75) is 6.10 Å². The van der Waals surface area contributed by atoms with Gasteiger partial charge in [0.25, 0.3) is 0 Å². The summed E-state index contributed by atoms with van der Waals surface area (Å²) in [4.78, 5) is 26.1. The highest BCUT2D eigenvalue weighted by molar-refractivity contribution is 6.26. The lowest BCUT2D eigenvalue weighted by molar-refractivity contribution is -0.144. The van der Waals surface area contributed by atoms with Gasteiger partial charge in [-0.05, 0) is 18.1 Å². The molecule has 0 saturated heterocycles. The van der Waals surface area contributed by atoms with Gasteiger partial charge in [-0.3, -0.25) is 14.6 Å². The average Bonchev–Trinajstić information content (AvgIpc) is 2.50. The molecule has 0 aliphatic rings. The largest absolute Gasteiger partial charge is 0.452 e. The van der Waals surface area contributed by atoms with Gasteiger partial charge in [0.05, 0.1) is 5.69 Å². The predicted octanol–water partition coefficient (Wildman–Crippen LogP) is 1.69. The van der Waals surface area contributed by atoms with Crippen LogP contribution in [0.2, 0.25) is 0 Å². The molecule has 1 heterocycles. The van der Waals surface area contributed by atoms with Crippen molar-refractivity contribution in [3.63, 3.8) is 0 Å². The topological polar surface area (TPSA) is 65.5 Å². The summed E-state index contributed by atoms with van der Waals surface area (Å²) < 4.78 is 9.72. The molecule has 1 aromatic heterocycles. The highest BCUT2D eigenvalue weighted by Crippen LogP contribution is 2.13. The van der Waals surface area contributed by atoms with E-state index in [-0.39, 0.29) is 18.4 Å². The maximum absolute atomic E-state index is 11.2. The lowest BCUT2D eigenvalue weighted by Gasteiger charge is -2.10. The summed E-state index contributed by atoms with van der Waals surface area (Å²) in [6.07, 6.45) is 0.684. The fourth-order valence-electron chi connectivity index (χ4n) is 1.15. The van der Waals surface area contributed by atoms with Crippen molar-refractivity contribution >= 4 is 35.1 Å². The molecular weight excluding hydrogens is 305 g/mol. The third kappa shape index (κ3) is 5.91. The van der Waals surface area contributed by atoms with Crippen LogP contribution >= 0.6 is 23.2 Å². The van der Waals surface area contributed by atoms with Crippen LogP contribution in [0.25, 0.3) is 0 Å². The molecule has 0 bridgehead atoms. The quantitative estimate of drug-likeness (QED) is 0.470. The number of ether oxygens (including phenoxy) is 2. The SMILES string of the molecule is O=C(CCl)OCC#CC(OC(=O)CCl)c1ccccn1. The number of carbonyl (C=O) groups excluding carboxylic acids is 2. The average molecular weight is 316 g/mol. The van der Waals surface area contributed by atoms with E-state index in [1.165, 1.54) is 0 Å². The van der Waals surface area contributed by atoms with Gasteiger partial charge in [0.1, 0.15) is 11.8 Å². The Bertz CT molecular complexity index is 510. The Hall–Kier alpha value is -1.77. The summed E-state index contributed by atoms with van der Waals surface area (Å²) in [7, 11) is 0. The van der Waals surface area contributed by atoms with E-state index < -0.39 is 18.0 Å². The molecule has 7 heteroatoms. The highest BCUT2D eigenvalue weighted by Gasteiger charge is 2.14. The van der Waals surface area contributed by atoms with E-state index >= 15 is 0 Å². The summed E-state index contributed by atoms with van der Waals surface area (Å²) in [5.74, 6) is 3.49. The Labute approximate surface area is 126 Å². The van der Waals surface area contributed by atoms with Crippen molar-refractivity contribution in [2.24, 2.45) is 0 Å².